The van der Waals surface area contributed by atoms with E-state index in [-0.39, 0.29) is 29.1 Å². The number of carbonyl (C=O) groups excluding carboxylic acids is 2. The van der Waals surface area contributed by atoms with Crippen molar-refractivity contribution in [2.24, 2.45) is 17.2 Å². The first-order valence-electron chi connectivity index (χ1n) is 18.4. The summed E-state index contributed by atoms with van der Waals surface area (Å²) in [6.45, 7) is 0.794. The molecule has 0 saturated heterocycles. The number of amides is 2. The molecule has 0 spiro atoms. The van der Waals surface area contributed by atoms with Crippen LogP contribution in [0.5, 0.6) is 0 Å². The Balaban J connectivity index is 0.00000187. The van der Waals surface area contributed by atoms with Gasteiger partial charge in [-0.15, -0.1) is 0 Å². The third-order valence-electron chi connectivity index (χ3n) is 7.54. The molecule has 2 amide bonds. The molecule has 2 atom stereocenters. The standard InChI is InChI=1S/C32H29F8N7O2.3C2HF3O2/c33-23-19(24(34)28(38)46-27(23)37)11-8-16-7-10-18(15-17(16)9-12-20-25(35)29(39)47-30(40)26(20)36)45-32(49)22(43)6-2-4-14-44-31(48)21(42)5-1-3-13-41;3*3-2(4,5)1(6)7/h7,10,15,21-22H,1-6,13-14,41-43H2,(H,44,48)(H,45,49);3*(H,6,7)/t21-,22-;;;/m0.../s1. The van der Waals surface area contributed by atoms with Crippen molar-refractivity contribution in [1.82, 2.24) is 15.3 Å². The third kappa shape index (κ3) is 22.2. The minimum absolute atomic E-state index is 0.0161. The van der Waals surface area contributed by atoms with E-state index in [0.29, 0.717) is 32.4 Å². The number of carboxylic acid groups (broad SMARTS) is 3. The Morgan fingerprint density at radius 2 is 0.886 bits per heavy atom. The monoisotopic (exact) mass is 1040 g/mol. The van der Waals surface area contributed by atoms with Gasteiger partial charge >= 0.3 is 36.4 Å². The van der Waals surface area contributed by atoms with E-state index in [1.54, 1.807) is 0 Å². The van der Waals surface area contributed by atoms with Gasteiger partial charge in [0.2, 0.25) is 11.8 Å². The fourth-order valence-corrected chi connectivity index (χ4v) is 4.13. The van der Waals surface area contributed by atoms with Crippen LogP contribution in [0.2, 0.25) is 0 Å². The maximum absolute atomic E-state index is 14.2. The molecule has 3 rings (SSSR count). The van der Waals surface area contributed by atoms with E-state index in [1.165, 1.54) is 6.07 Å². The quantitative estimate of drug-likeness (QED) is 0.0496. The number of alkyl halides is 9. The second kappa shape index (κ2) is 28.2. The minimum atomic E-state index is -5.08. The molecule has 2 aromatic heterocycles. The molecule has 3 aromatic rings. The van der Waals surface area contributed by atoms with Crippen molar-refractivity contribution in [3.05, 3.63) is 87.5 Å². The van der Waals surface area contributed by atoms with E-state index < -0.39 is 113 Å². The lowest BCUT2D eigenvalue weighted by atomic mass is 10.0. The molecule has 15 nitrogen and oxygen atoms in total. The van der Waals surface area contributed by atoms with E-state index in [1.807, 2.05) is 11.8 Å². The third-order valence-corrected chi connectivity index (χ3v) is 7.54. The molecule has 70 heavy (non-hydrogen) atoms. The molecule has 2 heterocycles. The maximum Gasteiger partial charge on any atom is 0.490 e. The van der Waals surface area contributed by atoms with Gasteiger partial charge < -0.3 is 43.2 Å². The summed E-state index contributed by atoms with van der Waals surface area (Å²) in [5, 5.41) is 26.5. The second-order valence-electron chi connectivity index (χ2n) is 12.8. The molecule has 0 fully saturated rings. The van der Waals surface area contributed by atoms with Gasteiger partial charge in [-0.2, -0.15) is 67.0 Å². The summed E-state index contributed by atoms with van der Waals surface area (Å²) in [4.78, 5) is 56.3. The number of aromatic nitrogens is 2. The van der Waals surface area contributed by atoms with Gasteiger partial charge in [-0.3, -0.25) is 9.59 Å². The van der Waals surface area contributed by atoms with Gasteiger partial charge in [0.15, 0.2) is 23.3 Å². The van der Waals surface area contributed by atoms with Gasteiger partial charge in [0.05, 0.1) is 12.1 Å². The summed E-state index contributed by atoms with van der Waals surface area (Å²) in [6.07, 6.45) is -12.2. The van der Waals surface area contributed by atoms with Crippen LogP contribution in [-0.2, 0) is 24.0 Å². The number of nitrogens with zero attached hydrogens (tertiary/aromatic N) is 2. The number of aliphatic carboxylic acids is 3. The number of nitrogens with two attached hydrogens (primary N) is 3. The number of anilines is 1. The van der Waals surface area contributed by atoms with E-state index in [9.17, 15) is 84.2 Å². The Morgan fingerprint density at radius 3 is 1.24 bits per heavy atom. The predicted molar refractivity (Wildman–Crippen MR) is 202 cm³/mol. The zero-order chi connectivity index (χ0) is 54.5. The average Bonchev–Trinajstić information content (AvgIpc) is 3.24. The van der Waals surface area contributed by atoms with E-state index in [2.05, 4.69) is 32.4 Å². The summed E-state index contributed by atoms with van der Waals surface area (Å²) in [5.74, 6) is -16.7. The fraction of sp³-hybridized carbons (Fsp3) is 0.342. The normalized spacial score (nSPS) is 11.7. The van der Waals surface area contributed by atoms with E-state index in [0.717, 1.165) is 25.0 Å². The molecular weight excluding hydrogens is 1010 g/mol. The lowest BCUT2D eigenvalue weighted by molar-refractivity contribution is -0.193. The van der Waals surface area contributed by atoms with Crippen molar-refractivity contribution >= 4 is 35.4 Å². The number of unbranched alkanes of at least 4 members (excludes halogenated alkanes) is 2. The topological polar surface area (TPSA) is 274 Å². The van der Waals surface area contributed by atoms with Crippen molar-refractivity contribution in [3.63, 3.8) is 0 Å². The SMILES string of the molecule is NCCCC[C@H](N)C(=O)NCCCC[C@H](N)C(=O)Nc1ccc(C#Cc2c(F)c(F)nc(F)c2F)c(C#Cc2c(F)c(F)nc(F)c2F)c1.O=C(O)C(F)(F)F.O=C(O)C(F)(F)F.O=C(O)C(F)(F)F. The second-order valence-corrected chi connectivity index (χ2v) is 12.8. The summed E-state index contributed by atoms with van der Waals surface area (Å²) in [6, 6.07) is 1.71. The molecule has 1 aromatic carbocycles. The van der Waals surface area contributed by atoms with Gasteiger partial charge in [0.1, 0.15) is 11.1 Å². The Hall–Kier alpha value is -7.32. The summed E-state index contributed by atoms with van der Waals surface area (Å²) in [5.41, 5.74) is 13.9. The molecule has 0 aliphatic heterocycles. The number of rotatable bonds is 12. The maximum atomic E-state index is 14.2. The molecular formula is C38H32F17N7O8. The number of hydrogen-bond donors (Lipinski definition) is 8. The molecule has 0 radical (unpaired) electrons. The van der Waals surface area contributed by atoms with Crippen LogP contribution in [0, 0.1) is 70.7 Å². The first kappa shape index (κ1) is 62.7. The summed E-state index contributed by atoms with van der Waals surface area (Å²) < 4.78 is 206. The van der Waals surface area contributed by atoms with Gasteiger partial charge in [0.25, 0.3) is 23.8 Å². The highest BCUT2D eigenvalue weighted by molar-refractivity contribution is 5.95. The number of carboxylic acids is 3. The first-order valence-corrected chi connectivity index (χ1v) is 18.4. The highest BCUT2D eigenvalue weighted by Gasteiger charge is 2.39. The summed E-state index contributed by atoms with van der Waals surface area (Å²) >= 11 is 0. The smallest absolute Gasteiger partial charge is 0.475 e. The van der Waals surface area contributed by atoms with Crippen molar-refractivity contribution < 1.29 is 114 Å². The van der Waals surface area contributed by atoms with E-state index in [4.69, 9.17) is 46.9 Å². The molecule has 0 bridgehead atoms. The Labute approximate surface area is 380 Å². The van der Waals surface area contributed by atoms with Crippen LogP contribution in [0.25, 0.3) is 0 Å². The van der Waals surface area contributed by atoms with Crippen LogP contribution in [0.4, 0.5) is 80.3 Å². The highest BCUT2D eigenvalue weighted by atomic mass is 19.4. The zero-order valence-corrected chi connectivity index (χ0v) is 34.5. The van der Waals surface area contributed by atoms with Crippen molar-refractivity contribution in [3.8, 4) is 23.7 Å². The Kier molecular flexibility index (Phi) is 25.3. The van der Waals surface area contributed by atoms with Crippen LogP contribution in [-0.4, -0.2) is 98.7 Å². The van der Waals surface area contributed by atoms with Gasteiger partial charge in [-0.25, -0.2) is 31.9 Å². The van der Waals surface area contributed by atoms with Crippen LogP contribution in [0.15, 0.2) is 18.2 Å². The minimum Gasteiger partial charge on any atom is -0.475 e. The number of benzene rings is 1. The number of hydrogen-bond acceptors (Lipinski definition) is 10. The molecule has 32 heteroatoms. The molecule has 0 aliphatic carbocycles. The van der Waals surface area contributed by atoms with Crippen molar-refractivity contribution in [2.45, 2.75) is 69.1 Å². The summed E-state index contributed by atoms with van der Waals surface area (Å²) in [7, 11) is 0. The largest absolute Gasteiger partial charge is 0.490 e. The van der Waals surface area contributed by atoms with E-state index >= 15 is 0 Å². The molecule has 386 valence electrons. The van der Waals surface area contributed by atoms with Gasteiger partial charge in [-0.1, -0.05) is 30.1 Å². The number of halogens is 17. The predicted octanol–water partition coefficient (Wildman–Crippen LogP) is 5.30. The van der Waals surface area contributed by atoms with Gasteiger partial charge in [-0.05, 0) is 56.8 Å². The molecule has 11 N–H and O–H groups in total. The number of carbonyl (C=O) groups is 5. The zero-order valence-electron chi connectivity index (χ0n) is 34.5. The van der Waals surface area contributed by atoms with Crippen LogP contribution in [0.3, 0.4) is 0 Å². The Morgan fingerprint density at radius 1 is 0.543 bits per heavy atom. The number of pyridine rings is 2. The van der Waals surface area contributed by atoms with Gasteiger partial charge in [0, 0.05) is 23.4 Å². The lowest BCUT2D eigenvalue weighted by Gasteiger charge is -2.14. The fourth-order valence-electron chi connectivity index (χ4n) is 4.13. The van der Waals surface area contributed by atoms with Crippen LogP contribution < -0.4 is 27.8 Å². The lowest BCUT2D eigenvalue weighted by Crippen LogP contribution is -2.41. The molecule has 0 unspecified atom stereocenters. The molecule has 0 aliphatic rings. The Bertz CT molecular complexity index is 2360. The highest BCUT2D eigenvalue weighted by Crippen LogP contribution is 2.21. The first-order chi connectivity index (χ1) is 32.1. The number of nitrogens with one attached hydrogen (secondary N) is 2. The van der Waals surface area contributed by atoms with Crippen LogP contribution in [0.1, 0.15) is 60.8 Å². The van der Waals surface area contributed by atoms with Crippen molar-refractivity contribution in [2.75, 3.05) is 18.4 Å². The van der Waals surface area contributed by atoms with Crippen molar-refractivity contribution in [1.29, 1.82) is 0 Å². The van der Waals surface area contributed by atoms with Crippen LogP contribution >= 0.6 is 0 Å². The molecule has 0 saturated carbocycles. The average molecular weight is 1040 g/mol.